The number of alkyl halides is 2. The van der Waals surface area contributed by atoms with Crippen molar-refractivity contribution in [3.8, 4) is 11.5 Å². The zero-order valence-electron chi connectivity index (χ0n) is 8.12. The summed E-state index contributed by atoms with van der Waals surface area (Å²) in [5.74, 6) is 0.597. The number of halogens is 2. The van der Waals surface area contributed by atoms with Crippen molar-refractivity contribution >= 4 is 0 Å². The first-order valence-electron chi connectivity index (χ1n) is 4.90. The normalized spacial score (nSPS) is 15.7. The summed E-state index contributed by atoms with van der Waals surface area (Å²) in [6.07, 6.45) is -0.293. The van der Waals surface area contributed by atoms with Gasteiger partial charge in [-0.3, -0.25) is 0 Å². The van der Waals surface area contributed by atoms with Crippen molar-refractivity contribution < 1.29 is 18.6 Å². The van der Waals surface area contributed by atoms with Crippen LogP contribution in [0.1, 0.15) is 24.8 Å². The third-order valence-corrected chi connectivity index (χ3v) is 2.41. The summed E-state index contributed by atoms with van der Waals surface area (Å²) in [6.45, 7) is 0.500. The lowest BCUT2D eigenvalue weighted by Crippen LogP contribution is -1.99. The Morgan fingerprint density at radius 2 is 2.13 bits per heavy atom. The summed E-state index contributed by atoms with van der Waals surface area (Å²) >= 11 is 0. The van der Waals surface area contributed by atoms with Crippen LogP contribution in [0.5, 0.6) is 11.5 Å². The quantitative estimate of drug-likeness (QED) is 0.834. The van der Waals surface area contributed by atoms with Gasteiger partial charge in [0, 0.05) is 5.56 Å². The van der Waals surface area contributed by atoms with Gasteiger partial charge < -0.3 is 9.84 Å². The van der Waals surface area contributed by atoms with E-state index in [0.717, 1.165) is 12.8 Å². The molecular formula is C11H12F2O2. The van der Waals surface area contributed by atoms with E-state index in [0.29, 0.717) is 12.5 Å². The first-order valence-corrected chi connectivity index (χ1v) is 4.90. The number of phenols is 1. The van der Waals surface area contributed by atoms with Crippen molar-refractivity contribution in [1.82, 2.24) is 0 Å². The van der Waals surface area contributed by atoms with E-state index in [2.05, 4.69) is 0 Å². The predicted octanol–water partition coefficient (Wildman–Crippen LogP) is 3.12. The molecule has 1 aliphatic rings. The third kappa shape index (κ3) is 2.58. The molecule has 15 heavy (non-hydrogen) atoms. The zero-order valence-corrected chi connectivity index (χ0v) is 8.12. The number of rotatable bonds is 4. The maximum atomic E-state index is 12.4. The van der Waals surface area contributed by atoms with E-state index >= 15 is 0 Å². The molecule has 4 heteroatoms. The van der Waals surface area contributed by atoms with Gasteiger partial charge in [0.2, 0.25) is 0 Å². The Morgan fingerprint density at radius 3 is 2.73 bits per heavy atom. The first-order chi connectivity index (χ1) is 7.16. The van der Waals surface area contributed by atoms with Crippen molar-refractivity contribution in [2.75, 3.05) is 6.61 Å². The second-order valence-corrected chi connectivity index (χ2v) is 3.78. The number of hydrogen-bond acceptors (Lipinski definition) is 2. The van der Waals surface area contributed by atoms with Gasteiger partial charge in [0.05, 0.1) is 6.61 Å². The minimum Gasteiger partial charge on any atom is -0.504 e. The van der Waals surface area contributed by atoms with E-state index in [4.69, 9.17) is 4.74 Å². The molecule has 0 aromatic heterocycles. The van der Waals surface area contributed by atoms with Gasteiger partial charge in [-0.05, 0) is 37.0 Å². The Bertz CT molecular complexity index is 348. The lowest BCUT2D eigenvalue weighted by molar-refractivity contribution is 0.150. The highest BCUT2D eigenvalue weighted by Crippen LogP contribution is 2.34. The lowest BCUT2D eigenvalue weighted by Gasteiger charge is -2.09. The molecule has 1 aliphatic carbocycles. The highest BCUT2D eigenvalue weighted by atomic mass is 19.3. The number of phenolic OH excluding ortho intramolecular Hbond substituents is 1. The molecule has 0 radical (unpaired) electrons. The Balaban J connectivity index is 2.08. The molecule has 0 saturated heterocycles. The maximum Gasteiger partial charge on any atom is 0.263 e. The number of benzene rings is 1. The molecular weight excluding hydrogens is 202 g/mol. The molecule has 1 saturated carbocycles. The third-order valence-electron chi connectivity index (χ3n) is 2.41. The van der Waals surface area contributed by atoms with Crippen LogP contribution in [0.15, 0.2) is 18.2 Å². The molecule has 1 N–H and O–H groups in total. The molecule has 0 bridgehead atoms. The summed E-state index contributed by atoms with van der Waals surface area (Å²) < 4.78 is 30.0. The molecule has 0 atom stereocenters. The van der Waals surface area contributed by atoms with E-state index in [9.17, 15) is 13.9 Å². The van der Waals surface area contributed by atoms with E-state index in [1.807, 2.05) is 0 Å². The van der Waals surface area contributed by atoms with E-state index in [-0.39, 0.29) is 17.1 Å². The molecule has 2 rings (SSSR count). The van der Waals surface area contributed by atoms with Gasteiger partial charge in [-0.25, -0.2) is 8.78 Å². The number of ether oxygens (including phenoxy) is 1. The number of aromatic hydroxyl groups is 1. The average Bonchev–Trinajstić information content (AvgIpc) is 3.00. The molecule has 0 amide bonds. The van der Waals surface area contributed by atoms with Crippen LogP contribution in [0.4, 0.5) is 8.78 Å². The van der Waals surface area contributed by atoms with Crippen LogP contribution in [0.2, 0.25) is 0 Å². The minimum atomic E-state index is -2.53. The number of hydrogen-bond donors (Lipinski definition) is 1. The highest BCUT2D eigenvalue weighted by molar-refractivity contribution is 5.42. The van der Waals surface area contributed by atoms with Gasteiger partial charge in [-0.2, -0.15) is 0 Å². The lowest BCUT2D eigenvalue weighted by atomic mass is 10.2. The zero-order chi connectivity index (χ0) is 10.8. The standard InChI is InChI=1S/C11H12F2O2/c12-11(13)8-3-4-9(14)10(5-8)15-6-7-1-2-7/h3-5,7,11,14H,1-2,6H2. The summed E-state index contributed by atoms with van der Waals surface area (Å²) in [5, 5.41) is 9.38. The maximum absolute atomic E-state index is 12.4. The SMILES string of the molecule is Oc1ccc(C(F)F)cc1OCC1CC1. The van der Waals surface area contributed by atoms with Crippen LogP contribution in [-0.2, 0) is 0 Å². The minimum absolute atomic E-state index is 0.0833. The molecule has 1 aromatic carbocycles. The van der Waals surface area contributed by atoms with Crippen LogP contribution in [0.3, 0.4) is 0 Å². The molecule has 82 valence electrons. The molecule has 0 unspecified atom stereocenters. The fourth-order valence-corrected chi connectivity index (χ4v) is 1.27. The second-order valence-electron chi connectivity index (χ2n) is 3.78. The molecule has 0 heterocycles. The van der Waals surface area contributed by atoms with Crippen LogP contribution in [-0.4, -0.2) is 11.7 Å². The Labute approximate surface area is 86.5 Å². The van der Waals surface area contributed by atoms with Gasteiger partial charge in [-0.15, -0.1) is 0 Å². The smallest absolute Gasteiger partial charge is 0.263 e. The Kier molecular flexibility index (Phi) is 2.75. The van der Waals surface area contributed by atoms with Crippen molar-refractivity contribution in [2.24, 2.45) is 5.92 Å². The van der Waals surface area contributed by atoms with Gasteiger partial charge >= 0.3 is 0 Å². The molecule has 2 nitrogen and oxygen atoms in total. The average molecular weight is 214 g/mol. The van der Waals surface area contributed by atoms with Crippen molar-refractivity contribution in [1.29, 1.82) is 0 Å². The summed E-state index contributed by atoms with van der Waals surface area (Å²) in [7, 11) is 0. The van der Waals surface area contributed by atoms with Crippen molar-refractivity contribution in [3.63, 3.8) is 0 Å². The highest BCUT2D eigenvalue weighted by Gasteiger charge is 2.22. The Morgan fingerprint density at radius 1 is 1.40 bits per heavy atom. The summed E-state index contributed by atoms with van der Waals surface area (Å²) in [4.78, 5) is 0. The topological polar surface area (TPSA) is 29.5 Å². The summed E-state index contributed by atoms with van der Waals surface area (Å²) in [5.41, 5.74) is -0.126. The fourth-order valence-electron chi connectivity index (χ4n) is 1.27. The predicted molar refractivity (Wildman–Crippen MR) is 51.3 cm³/mol. The van der Waals surface area contributed by atoms with Crippen LogP contribution in [0.25, 0.3) is 0 Å². The Hall–Kier alpha value is -1.32. The van der Waals surface area contributed by atoms with Crippen LogP contribution < -0.4 is 4.74 Å². The van der Waals surface area contributed by atoms with Gasteiger partial charge in [-0.1, -0.05) is 0 Å². The first kappa shape index (κ1) is 10.2. The molecule has 0 spiro atoms. The summed E-state index contributed by atoms with van der Waals surface area (Å²) in [6, 6.07) is 3.64. The van der Waals surface area contributed by atoms with E-state index in [1.165, 1.54) is 18.2 Å². The molecule has 0 aliphatic heterocycles. The molecule has 1 fully saturated rings. The van der Waals surface area contributed by atoms with Gasteiger partial charge in [0.15, 0.2) is 11.5 Å². The van der Waals surface area contributed by atoms with Crippen LogP contribution in [0, 0.1) is 5.92 Å². The van der Waals surface area contributed by atoms with Crippen LogP contribution >= 0.6 is 0 Å². The van der Waals surface area contributed by atoms with Gasteiger partial charge in [0.1, 0.15) is 0 Å². The van der Waals surface area contributed by atoms with Gasteiger partial charge in [0.25, 0.3) is 6.43 Å². The fraction of sp³-hybridized carbons (Fsp3) is 0.455. The van der Waals surface area contributed by atoms with Crippen molar-refractivity contribution in [3.05, 3.63) is 23.8 Å². The largest absolute Gasteiger partial charge is 0.504 e. The van der Waals surface area contributed by atoms with E-state index < -0.39 is 6.43 Å². The van der Waals surface area contributed by atoms with Crippen molar-refractivity contribution in [2.45, 2.75) is 19.3 Å². The second kappa shape index (κ2) is 4.04. The monoisotopic (exact) mass is 214 g/mol. The molecule has 1 aromatic rings. The van der Waals surface area contributed by atoms with E-state index in [1.54, 1.807) is 0 Å².